The number of aryl methyl sites for hydroxylation is 1. The van der Waals surface area contributed by atoms with Gasteiger partial charge in [-0.25, -0.2) is 14.4 Å². The number of nitrogens with one attached hydrogen (secondary N) is 2. The van der Waals surface area contributed by atoms with Crippen LogP contribution in [0.4, 0.5) is 15.8 Å². The van der Waals surface area contributed by atoms with E-state index in [1.54, 1.807) is 12.1 Å². The Morgan fingerprint density at radius 1 is 1.23 bits per heavy atom. The van der Waals surface area contributed by atoms with Gasteiger partial charge in [-0.15, -0.1) is 0 Å². The van der Waals surface area contributed by atoms with Crippen LogP contribution in [0.1, 0.15) is 17.4 Å². The zero-order chi connectivity index (χ0) is 24.5. The molecule has 2 aromatic carbocycles. The van der Waals surface area contributed by atoms with Gasteiger partial charge in [0.15, 0.2) is 5.82 Å². The number of halogens is 1. The Morgan fingerprint density at radius 3 is 2.89 bits per heavy atom. The highest BCUT2D eigenvalue weighted by atomic mass is 19.1. The fraction of sp³-hybridized carbons (Fsp3) is 0.269. The molecular weight excluding hydrogens is 447 g/mol. The molecule has 180 valence electrons. The van der Waals surface area contributed by atoms with E-state index >= 15 is 0 Å². The quantitative estimate of drug-likeness (QED) is 0.457. The van der Waals surface area contributed by atoms with Crippen molar-refractivity contribution in [2.24, 2.45) is 7.05 Å². The molecule has 2 aromatic heterocycles. The molecule has 1 fully saturated rings. The molecule has 1 atom stereocenters. The second-order valence-electron chi connectivity index (χ2n) is 8.60. The Hall–Kier alpha value is -3.98. The van der Waals surface area contributed by atoms with Crippen LogP contribution in [0.25, 0.3) is 22.3 Å². The van der Waals surface area contributed by atoms with Crippen molar-refractivity contribution in [3.63, 3.8) is 0 Å². The first-order valence-corrected chi connectivity index (χ1v) is 11.5. The van der Waals surface area contributed by atoms with Crippen LogP contribution in [0, 0.1) is 5.82 Å². The first-order chi connectivity index (χ1) is 17.0. The topological polar surface area (TPSA) is 84.3 Å². The van der Waals surface area contributed by atoms with Crippen molar-refractivity contribution in [1.82, 2.24) is 19.9 Å². The van der Waals surface area contributed by atoms with Gasteiger partial charge in [0, 0.05) is 56.0 Å². The molecule has 8 nitrogen and oxygen atoms in total. The normalized spacial score (nSPS) is 15.9. The molecule has 0 radical (unpaired) electrons. The van der Waals surface area contributed by atoms with Crippen LogP contribution in [0.3, 0.4) is 0 Å². The summed E-state index contributed by atoms with van der Waals surface area (Å²) >= 11 is 0. The molecule has 5 rings (SSSR count). The van der Waals surface area contributed by atoms with Crippen LogP contribution in [-0.2, 0) is 7.05 Å². The fourth-order valence-corrected chi connectivity index (χ4v) is 4.60. The van der Waals surface area contributed by atoms with Gasteiger partial charge in [-0.3, -0.25) is 4.79 Å². The van der Waals surface area contributed by atoms with E-state index in [9.17, 15) is 9.18 Å². The van der Waals surface area contributed by atoms with Crippen molar-refractivity contribution in [1.29, 1.82) is 0 Å². The number of hydrogen-bond acceptors (Lipinski definition) is 6. The molecule has 2 N–H and O–H groups in total. The lowest BCUT2D eigenvalue weighted by Crippen LogP contribution is -2.50. The smallest absolute Gasteiger partial charge is 0.274 e. The summed E-state index contributed by atoms with van der Waals surface area (Å²) in [4.78, 5) is 24.2. The van der Waals surface area contributed by atoms with Gasteiger partial charge in [-0.05, 0) is 43.3 Å². The number of benzene rings is 2. The van der Waals surface area contributed by atoms with Crippen molar-refractivity contribution < 1.29 is 13.9 Å². The van der Waals surface area contributed by atoms with Crippen LogP contribution in [0.2, 0.25) is 0 Å². The van der Waals surface area contributed by atoms with Crippen LogP contribution >= 0.6 is 0 Å². The number of aromatic nitrogens is 3. The predicted octanol–water partition coefficient (Wildman–Crippen LogP) is 3.83. The van der Waals surface area contributed by atoms with E-state index in [1.165, 1.54) is 25.4 Å². The van der Waals surface area contributed by atoms with Crippen LogP contribution in [0.5, 0.6) is 5.75 Å². The summed E-state index contributed by atoms with van der Waals surface area (Å²) < 4.78 is 21.9. The molecule has 0 aliphatic carbocycles. The van der Waals surface area contributed by atoms with Gasteiger partial charge in [-0.2, -0.15) is 0 Å². The zero-order valence-corrected chi connectivity index (χ0v) is 19.9. The molecule has 1 aliphatic rings. The number of amides is 1. The summed E-state index contributed by atoms with van der Waals surface area (Å²) in [6.07, 6.45) is 3.47. The number of piperazine rings is 1. The molecule has 1 unspecified atom stereocenters. The molecule has 1 aliphatic heterocycles. The maximum absolute atomic E-state index is 14.6. The molecule has 1 saturated heterocycles. The molecule has 4 aromatic rings. The lowest BCUT2D eigenvalue weighted by Gasteiger charge is -2.37. The Bertz CT molecular complexity index is 1400. The highest BCUT2D eigenvalue weighted by Gasteiger charge is 2.25. The number of rotatable bonds is 5. The minimum atomic E-state index is -0.522. The van der Waals surface area contributed by atoms with E-state index < -0.39 is 11.7 Å². The third-order valence-electron chi connectivity index (χ3n) is 6.38. The van der Waals surface area contributed by atoms with E-state index in [0.717, 1.165) is 36.2 Å². The Kier molecular flexibility index (Phi) is 6.08. The third-order valence-corrected chi connectivity index (χ3v) is 6.38. The second kappa shape index (κ2) is 9.34. The SMILES string of the molecule is COc1cccc(F)c1-c1nccc(C(=O)Nc2ccc3c(ccn3C)c2N2CCNCC2C)n1. The number of ether oxygens (including phenoxy) is 1. The summed E-state index contributed by atoms with van der Waals surface area (Å²) in [5.41, 5.74) is 3.01. The molecule has 0 saturated carbocycles. The Balaban J connectivity index is 1.53. The number of fused-ring (bicyclic) bond motifs is 1. The largest absolute Gasteiger partial charge is 0.496 e. The standard InChI is InChI=1S/C26H27FN6O2/c1-16-15-28-12-14-33(16)24-17-10-13-32(2)21(17)8-7-19(24)31-26(34)20-9-11-29-25(30-20)23-18(27)5-4-6-22(23)35-3/h4-11,13,16,28H,12,14-15H2,1-3H3,(H,31,34). The lowest BCUT2D eigenvalue weighted by molar-refractivity contribution is 0.102. The van der Waals surface area contributed by atoms with Gasteiger partial charge >= 0.3 is 0 Å². The van der Waals surface area contributed by atoms with E-state index in [2.05, 4.69) is 43.1 Å². The van der Waals surface area contributed by atoms with Crippen molar-refractivity contribution in [3.8, 4) is 17.1 Å². The molecular formula is C26H27FN6O2. The third kappa shape index (κ3) is 4.19. The number of anilines is 2. The molecule has 9 heteroatoms. The van der Waals surface area contributed by atoms with Gasteiger partial charge in [-0.1, -0.05) is 6.07 Å². The van der Waals surface area contributed by atoms with Crippen LogP contribution in [0.15, 0.2) is 54.9 Å². The van der Waals surface area contributed by atoms with Crippen molar-refractivity contribution >= 4 is 28.2 Å². The van der Waals surface area contributed by atoms with E-state index in [1.807, 2.05) is 25.4 Å². The summed E-state index contributed by atoms with van der Waals surface area (Å²) in [5, 5.41) is 7.53. The second-order valence-corrected chi connectivity index (χ2v) is 8.60. The molecule has 35 heavy (non-hydrogen) atoms. The average molecular weight is 475 g/mol. The summed E-state index contributed by atoms with van der Waals surface area (Å²) in [6, 6.07) is 12.2. The van der Waals surface area contributed by atoms with Gasteiger partial charge in [0.2, 0.25) is 0 Å². The van der Waals surface area contributed by atoms with Gasteiger partial charge in [0.25, 0.3) is 5.91 Å². The predicted molar refractivity (Wildman–Crippen MR) is 135 cm³/mol. The number of hydrogen-bond donors (Lipinski definition) is 2. The Labute approximate surface area is 202 Å². The van der Waals surface area contributed by atoms with Crippen LogP contribution < -0.4 is 20.3 Å². The van der Waals surface area contributed by atoms with Gasteiger partial charge < -0.3 is 24.8 Å². The van der Waals surface area contributed by atoms with Crippen molar-refractivity contribution in [2.45, 2.75) is 13.0 Å². The summed E-state index contributed by atoms with van der Waals surface area (Å²) in [7, 11) is 3.46. The van der Waals surface area contributed by atoms with Crippen molar-refractivity contribution in [2.75, 3.05) is 37.0 Å². The minimum absolute atomic E-state index is 0.0852. The molecule has 0 bridgehead atoms. The van der Waals surface area contributed by atoms with E-state index in [-0.39, 0.29) is 23.1 Å². The van der Waals surface area contributed by atoms with E-state index in [0.29, 0.717) is 11.4 Å². The average Bonchev–Trinajstić information content (AvgIpc) is 3.25. The number of methoxy groups -OCH3 is 1. The molecule has 1 amide bonds. The maximum atomic E-state index is 14.6. The fourth-order valence-electron chi connectivity index (χ4n) is 4.60. The molecule has 3 heterocycles. The van der Waals surface area contributed by atoms with Gasteiger partial charge in [0.05, 0.1) is 24.0 Å². The lowest BCUT2D eigenvalue weighted by atomic mass is 10.1. The summed E-state index contributed by atoms with van der Waals surface area (Å²) in [5.74, 6) is -0.538. The Morgan fingerprint density at radius 2 is 2.09 bits per heavy atom. The monoisotopic (exact) mass is 474 g/mol. The van der Waals surface area contributed by atoms with Crippen molar-refractivity contribution in [3.05, 3.63) is 66.4 Å². The van der Waals surface area contributed by atoms with Gasteiger partial charge in [0.1, 0.15) is 17.3 Å². The first kappa shape index (κ1) is 22.8. The highest BCUT2D eigenvalue weighted by Crippen LogP contribution is 2.37. The van der Waals surface area contributed by atoms with E-state index in [4.69, 9.17) is 4.74 Å². The highest BCUT2D eigenvalue weighted by molar-refractivity contribution is 6.09. The molecule has 0 spiro atoms. The summed E-state index contributed by atoms with van der Waals surface area (Å²) in [6.45, 7) is 4.71. The first-order valence-electron chi connectivity index (χ1n) is 11.5. The number of carbonyl (C=O) groups excluding carboxylic acids is 1. The number of carbonyl (C=O) groups is 1. The maximum Gasteiger partial charge on any atom is 0.274 e. The minimum Gasteiger partial charge on any atom is -0.496 e. The number of nitrogens with zero attached hydrogens (tertiary/aromatic N) is 4. The van der Waals surface area contributed by atoms with Crippen LogP contribution in [-0.4, -0.2) is 53.2 Å². The zero-order valence-electron chi connectivity index (χ0n) is 19.9.